The third-order valence-electron chi connectivity index (χ3n) is 8.57. The van der Waals surface area contributed by atoms with E-state index in [0.29, 0.717) is 0 Å². The van der Waals surface area contributed by atoms with Crippen LogP contribution in [0.3, 0.4) is 0 Å². The van der Waals surface area contributed by atoms with Crippen molar-refractivity contribution < 1.29 is 4.74 Å². The fourth-order valence-electron chi connectivity index (χ4n) is 6.63. The van der Waals surface area contributed by atoms with Crippen LogP contribution in [0.15, 0.2) is 152 Å². The molecular weight excluding hydrogens is 510 g/mol. The van der Waals surface area contributed by atoms with Gasteiger partial charge in [-0.3, -0.25) is 0 Å². The summed E-state index contributed by atoms with van der Waals surface area (Å²) in [6.45, 7) is 0. The highest BCUT2D eigenvalue weighted by Gasteiger charge is 2.20. The van der Waals surface area contributed by atoms with E-state index in [1.807, 2.05) is 0 Å². The van der Waals surface area contributed by atoms with Gasteiger partial charge in [0, 0.05) is 27.4 Å². The predicted octanol–water partition coefficient (Wildman–Crippen LogP) is 11.0. The molecule has 0 spiro atoms. The van der Waals surface area contributed by atoms with E-state index in [1.165, 1.54) is 66.1 Å². The maximum absolute atomic E-state index is 6.34. The Kier molecular flexibility index (Phi) is 4.93. The van der Waals surface area contributed by atoms with E-state index in [-0.39, 0.29) is 0 Å². The van der Waals surface area contributed by atoms with Crippen molar-refractivity contribution in [1.82, 2.24) is 4.57 Å². The topological polar surface area (TPSA) is 14.2 Å². The first-order chi connectivity index (χ1) is 20.8. The fraction of sp³-hybridized carbons (Fsp3) is 0. The lowest BCUT2D eigenvalue weighted by molar-refractivity contribution is 0.487. The zero-order valence-corrected chi connectivity index (χ0v) is 22.8. The Morgan fingerprint density at radius 2 is 1.10 bits per heavy atom. The molecule has 196 valence electrons. The van der Waals surface area contributed by atoms with Crippen LogP contribution in [0.4, 0.5) is 0 Å². The quantitative estimate of drug-likeness (QED) is 0.219. The SMILES string of the molecule is c1ccc(-n2c3ccccc3c3cc(-c4cccc(-c5ccc6c(c5)-c5cccc7cccc(c57)O6)c4)ccc32)cc1. The Bertz CT molecular complexity index is 2320. The van der Waals surface area contributed by atoms with Crippen LogP contribution in [-0.4, -0.2) is 4.57 Å². The van der Waals surface area contributed by atoms with Crippen molar-refractivity contribution in [2.75, 3.05) is 0 Å². The minimum atomic E-state index is 0.904. The first-order valence-corrected chi connectivity index (χ1v) is 14.4. The van der Waals surface area contributed by atoms with Crippen molar-refractivity contribution in [3.05, 3.63) is 152 Å². The molecule has 42 heavy (non-hydrogen) atoms. The van der Waals surface area contributed by atoms with Gasteiger partial charge < -0.3 is 9.30 Å². The standard InChI is InChI=1S/C40H25NO/c1-2-13-31(14-3-1)41-36-17-5-4-15-32(36)34-24-29(19-21-37(34)41)27-11-6-12-28(23-27)30-20-22-38-35(25-30)33-16-7-9-26-10-8-18-39(42-38)40(26)33/h1-25H. The zero-order chi connectivity index (χ0) is 27.6. The van der Waals surface area contributed by atoms with E-state index in [0.717, 1.165) is 17.1 Å². The van der Waals surface area contributed by atoms with Crippen LogP contribution in [0, 0.1) is 0 Å². The second-order valence-corrected chi connectivity index (χ2v) is 11.0. The Balaban J connectivity index is 1.17. The monoisotopic (exact) mass is 535 g/mol. The number of rotatable bonds is 3. The smallest absolute Gasteiger partial charge is 0.135 e. The lowest BCUT2D eigenvalue weighted by Crippen LogP contribution is -1.97. The van der Waals surface area contributed by atoms with Crippen molar-refractivity contribution >= 4 is 32.6 Å². The largest absolute Gasteiger partial charge is 0.456 e. The van der Waals surface area contributed by atoms with Gasteiger partial charge in [0.25, 0.3) is 0 Å². The molecular formula is C40H25NO. The zero-order valence-electron chi connectivity index (χ0n) is 22.8. The molecule has 9 rings (SSSR count). The maximum Gasteiger partial charge on any atom is 0.135 e. The summed E-state index contributed by atoms with van der Waals surface area (Å²) < 4.78 is 8.70. The van der Waals surface area contributed by atoms with Gasteiger partial charge in [0.2, 0.25) is 0 Å². The summed E-state index contributed by atoms with van der Waals surface area (Å²) in [5.74, 6) is 1.83. The van der Waals surface area contributed by atoms with Gasteiger partial charge in [-0.1, -0.05) is 97.1 Å². The molecule has 0 fully saturated rings. The van der Waals surface area contributed by atoms with Crippen LogP contribution in [0.1, 0.15) is 0 Å². The molecule has 0 aliphatic carbocycles. The van der Waals surface area contributed by atoms with Gasteiger partial charge in [0.1, 0.15) is 11.5 Å². The highest BCUT2D eigenvalue weighted by molar-refractivity contribution is 6.10. The third-order valence-corrected chi connectivity index (χ3v) is 8.57. The molecule has 0 radical (unpaired) electrons. The van der Waals surface area contributed by atoms with Crippen molar-refractivity contribution in [1.29, 1.82) is 0 Å². The molecule has 0 bridgehead atoms. The highest BCUT2D eigenvalue weighted by atomic mass is 16.5. The first kappa shape index (κ1) is 23.1. The van der Waals surface area contributed by atoms with E-state index in [4.69, 9.17) is 4.74 Å². The Morgan fingerprint density at radius 1 is 0.405 bits per heavy atom. The molecule has 7 aromatic carbocycles. The lowest BCUT2D eigenvalue weighted by atomic mass is 9.91. The molecule has 1 aliphatic heterocycles. The summed E-state index contributed by atoms with van der Waals surface area (Å²) in [5.41, 5.74) is 10.7. The number of hydrogen-bond donors (Lipinski definition) is 0. The number of nitrogens with zero attached hydrogens (tertiary/aromatic N) is 1. The predicted molar refractivity (Wildman–Crippen MR) is 175 cm³/mol. The molecule has 2 heteroatoms. The van der Waals surface area contributed by atoms with Crippen LogP contribution in [-0.2, 0) is 0 Å². The van der Waals surface area contributed by atoms with Gasteiger partial charge in [-0.2, -0.15) is 0 Å². The molecule has 0 amide bonds. The van der Waals surface area contributed by atoms with E-state index in [1.54, 1.807) is 0 Å². The van der Waals surface area contributed by atoms with Crippen LogP contribution >= 0.6 is 0 Å². The van der Waals surface area contributed by atoms with Gasteiger partial charge in [-0.05, 0) is 87.8 Å². The fourth-order valence-corrected chi connectivity index (χ4v) is 6.63. The molecule has 0 atom stereocenters. The van der Waals surface area contributed by atoms with Gasteiger partial charge in [0.05, 0.1) is 11.0 Å². The molecule has 1 aromatic heterocycles. The van der Waals surface area contributed by atoms with Crippen molar-refractivity contribution in [2.24, 2.45) is 0 Å². The third kappa shape index (κ3) is 3.45. The van der Waals surface area contributed by atoms with E-state index < -0.39 is 0 Å². The van der Waals surface area contributed by atoms with Gasteiger partial charge in [-0.15, -0.1) is 0 Å². The lowest BCUT2D eigenvalue weighted by Gasteiger charge is -2.22. The Labute approximate surface area is 243 Å². The number of aromatic nitrogens is 1. The van der Waals surface area contributed by atoms with Crippen LogP contribution in [0.5, 0.6) is 11.5 Å². The molecule has 0 saturated heterocycles. The Hall–Kier alpha value is -5.60. The molecule has 0 N–H and O–H groups in total. The average Bonchev–Trinajstić information content (AvgIpc) is 3.39. The summed E-state index contributed by atoms with van der Waals surface area (Å²) in [4.78, 5) is 0. The summed E-state index contributed by atoms with van der Waals surface area (Å²) in [6.07, 6.45) is 0. The molecule has 2 nitrogen and oxygen atoms in total. The average molecular weight is 536 g/mol. The summed E-state index contributed by atoms with van der Waals surface area (Å²) in [7, 11) is 0. The number of para-hydroxylation sites is 2. The minimum absolute atomic E-state index is 0.904. The first-order valence-electron chi connectivity index (χ1n) is 14.4. The van der Waals surface area contributed by atoms with Gasteiger partial charge >= 0.3 is 0 Å². The second kappa shape index (κ2) is 8.95. The second-order valence-electron chi connectivity index (χ2n) is 11.0. The number of hydrogen-bond acceptors (Lipinski definition) is 1. The van der Waals surface area contributed by atoms with Crippen molar-refractivity contribution in [3.8, 4) is 50.6 Å². The summed E-state index contributed by atoms with van der Waals surface area (Å²) >= 11 is 0. The van der Waals surface area contributed by atoms with Gasteiger partial charge in [0.15, 0.2) is 0 Å². The molecule has 0 unspecified atom stereocenters. The van der Waals surface area contributed by atoms with Crippen LogP contribution in [0.2, 0.25) is 0 Å². The van der Waals surface area contributed by atoms with Crippen LogP contribution < -0.4 is 4.74 Å². The molecule has 1 aliphatic rings. The highest BCUT2D eigenvalue weighted by Crippen LogP contribution is 2.47. The summed E-state index contributed by atoms with van der Waals surface area (Å²) in [6, 6.07) is 54.3. The number of ether oxygens (including phenoxy) is 1. The van der Waals surface area contributed by atoms with Crippen LogP contribution in [0.25, 0.3) is 71.6 Å². The van der Waals surface area contributed by atoms with E-state index in [9.17, 15) is 0 Å². The van der Waals surface area contributed by atoms with E-state index in [2.05, 4.69) is 156 Å². The minimum Gasteiger partial charge on any atom is -0.456 e. The molecule has 2 heterocycles. The van der Waals surface area contributed by atoms with Gasteiger partial charge in [-0.25, -0.2) is 0 Å². The number of fused-ring (bicyclic) bond motifs is 5. The number of benzene rings is 7. The van der Waals surface area contributed by atoms with E-state index >= 15 is 0 Å². The molecule has 0 saturated carbocycles. The van der Waals surface area contributed by atoms with Crippen molar-refractivity contribution in [2.45, 2.75) is 0 Å². The summed E-state index contributed by atoms with van der Waals surface area (Å²) in [5, 5.41) is 4.90. The molecule has 8 aromatic rings. The normalized spacial score (nSPS) is 12.0. The maximum atomic E-state index is 6.34. The Morgan fingerprint density at radius 3 is 1.98 bits per heavy atom. The van der Waals surface area contributed by atoms with Crippen molar-refractivity contribution in [3.63, 3.8) is 0 Å².